The number of hydrogen-bond acceptors (Lipinski definition) is 5. The molecule has 124 valence electrons. The molecule has 1 aliphatic heterocycles. The molecule has 0 saturated carbocycles. The Morgan fingerprint density at radius 2 is 1.87 bits per heavy atom. The molecule has 2 aromatic rings. The third kappa shape index (κ3) is 3.44. The van der Waals surface area contributed by atoms with Crippen molar-refractivity contribution in [3.05, 3.63) is 39.2 Å². The number of anilines is 1. The summed E-state index contributed by atoms with van der Waals surface area (Å²) in [4.78, 5) is 27.5. The third-order valence-electron chi connectivity index (χ3n) is 3.83. The summed E-state index contributed by atoms with van der Waals surface area (Å²) < 4.78 is 5.46. The first-order valence-electron chi connectivity index (χ1n) is 6.90. The summed E-state index contributed by atoms with van der Waals surface area (Å²) in [6.07, 6.45) is 0. The Kier molecular flexibility index (Phi) is 5.19. The van der Waals surface area contributed by atoms with Crippen molar-refractivity contribution >= 4 is 46.6 Å². The van der Waals surface area contributed by atoms with E-state index in [4.69, 9.17) is 21.1 Å². The lowest BCUT2D eigenvalue weighted by Crippen LogP contribution is -2.44. The highest BCUT2D eigenvalue weighted by atomic mass is 35.5. The van der Waals surface area contributed by atoms with Crippen molar-refractivity contribution in [2.45, 2.75) is 0 Å². The van der Waals surface area contributed by atoms with Crippen molar-refractivity contribution < 1.29 is 14.3 Å². The highest BCUT2D eigenvalue weighted by molar-refractivity contribution is 6.31. The molecule has 1 saturated heterocycles. The van der Waals surface area contributed by atoms with E-state index in [0.29, 0.717) is 16.1 Å². The van der Waals surface area contributed by atoms with Gasteiger partial charge in [-0.15, -0.1) is 12.4 Å². The molecule has 1 fully saturated rings. The number of hydrogen-bond donors (Lipinski definition) is 1. The standard InChI is InChI=1S/C15H15ClN2O4.ClH/c1-17-2-4-18(5-3-17)11-7-9(16)6-10-12(19)8-13(15(20)21)22-14(10)11;/h6-8H,2-5H2,1H3,(H,20,21);1H. The topological polar surface area (TPSA) is 74.0 Å². The van der Waals surface area contributed by atoms with Crippen LogP contribution in [0.15, 0.2) is 27.4 Å². The second kappa shape index (κ2) is 6.78. The molecule has 2 heterocycles. The van der Waals surface area contributed by atoms with Gasteiger partial charge in [-0.25, -0.2) is 4.79 Å². The van der Waals surface area contributed by atoms with Crippen LogP contribution in [0, 0.1) is 0 Å². The molecule has 0 radical (unpaired) electrons. The van der Waals surface area contributed by atoms with Gasteiger partial charge in [-0.3, -0.25) is 4.79 Å². The van der Waals surface area contributed by atoms with Crippen LogP contribution in [-0.4, -0.2) is 49.2 Å². The molecule has 3 rings (SSSR count). The smallest absolute Gasteiger partial charge is 0.371 e. The SMILES string of the molecule is CN1CCN(c2cc(Cl)cc3c(=O)cc(C(=O)O)oc23)CC1.Cl. The Morgan fingerprint density at radius 3 is 2.48 bits per heavy atom. The fourth-order valence-corrected chi connectivity index (χ4v) is 2.81. The maximum absolute atomic E-state index is 12.1. The highest BCUT2D eigenvalue weighted by Gasteiger charge is 2.21. The van der Waals surface area contributed by atoms with Crippen molar-refractivity contribution in [3.8, 4) is 0 Å². The molecular formula is C15H16Cl2N2O4. The van der Waals surface area contributed by atoms with Crippen LogP contribution in [0.5, 0.6) is 0 Å². The molecular weight excluding hydrogens is 343 g/mol. The lowest BCUT2D eigenvalue weighted by molar-refractivity contribution is 0.0663. The number of likely N-dealkylation sites (N-methyl/N-ethyl adjacent to an activating group) is 1. The number of piperazine rings is 1. The molecule has 1 aromatic carbocycles. The van der Waals surface area contributed by atoms with Gasteiger partial charge >= 0.3 is 5.97 Å². The van der Waals surface area contributed by atoms with E-state index in [0.717, 1.165) is 32.2 Å². The number of fused-ring (bicyclic) bond motifs is 1. The van der Waals surface area contributed by atoms with Crippen LogP contribution in [0.4, 0.5) is 5.69 Å². The van der Waals surface area contributed by atoms with Gasteiger partial charge in [0.15, 0.2) is 11.0 Å². The Balaban J connectivity index is 0.00000192. The van der Waals surface area contributed by atoms with E-state index in [-0.39, 0.29) is 23.8 Å². The molecule has 23 heavy (non-hydrogen) atoms. The highest BCUT2D eigenvalue weighted by Crippen LogP contribution is 2.30. The van der Waals surface area contributed by atoms with Gasteiger partial charge in [-0.1, -0.05) is 11.6 Å². The van der Waals surface area contributed by atoms with Gasteiger partial charge in [-0.05, 0) is 19.2 Å². The molecule has 0 unspecified atom stereocenters. The Labute approximate surface area is 143 Å². The summed E-state index contributed by atoms with van der Waals surface area (Å²) in [5.74, 6) is -1.63. The summed E-state index contributed by atoms with van der Waals surface area (Å²) in [5.41, 5.74) is 0.534. The van der Waals surface area contributed by atoms with Crippen LogP contribution >= 0.6 is 24.0 Å². The maximum Gasteiger partial charge on any atom is 0.371 e. The maximum atomic E-state index is 12.1. The molecule has 1 aromatic heterocycles. The molecule has 0 spiro atoms. The number of halogens is 2. The quantitative estimate of drug-likeness (QED) is 0.887. The second-order valence-corrected chi connectivity index (χ2v) is 5.81. The second-order valence-electron chi connectivity index (χ2n) is 5.37. The average Bonchev–Trinajstić information content (AvgIpc) is 2.48. The monoisotopic (exact) mass is 358 g/mol. The summed E-state index contributed by atoms with van der Waals surface area (Å²) in [5, 5.41) is 9.81. The first kappa shape index (κ1) is 17.6. The molecule has 0 bridgehead atoms. The van der Waals surface area contributed by atoms with Crippen LogP contribution in [0.25, 0.3) is 11.0 Å². The van der Waals surface area contributed by atoms with E-state index in [1.165, 1.54) is 6.07 Å². The molecule has 1 N–H and O–H groups in total. The fraction of sp³-hybridized carbons (Fsp3) is 0.333. The van der Waals surface area contributed by atoms with Crippen molar-refractivity contribution in [3.63, 3.8) is 0 Å². The number of carbonyl (C=O) groups is 1. The van der Waals surface area contributed by atoms with Crippen LogP contribution in [0.2, 0.25) is 5.02 Å². The van der Waals surface area contributed by atoms with Crippen molar-refractivity contribution in [2.24, 2.45) is 0 Å². The summed E-state index contributed by atoms with van der Waals surface area (Å²) in [6.45, 7) is 3.26. The summed E-state index contributed by atoms with van der Waals surface area (Å²) in [7, 11) is 2.04. The van der Waals surface area contributed by atoms with Crippen LogP contribution in [-0.2, 0) is 0 Å². The lowest BCUT2D eigenvalue weighted by atomic mass is 10.1. The minimum atomic E-state index is -1.27. The van der Waals surface area contributed by atoms with Gasteiger partial charge in [0, 0.05) is 37.3 Å². The van der Waals surface area contributed by atoms with E-state index in [1.807, 2.05) is 7.05 Å². The van der Waals surface area contributed by atoms with E-state index < -0.39 is 11.4 Å². The zero-order valence-corrected chi connectivity index (χ0v) is 14.0. The lowest BCUT2D eigenvalue weighted by Gasteiger charge is -2.34. The van der Waals surface area contributed by atoms with Gasteiger partial charge in [-0.2, -0.15) is 0 Å². The number of aromatic carboxylic acids is 1. The van der Waals surface area contributed by atoms with E-state index in [1.54, 1.807) is 6.07 Å². The van der Waals surface area contributed by atoms with E-state index in [2.05, 4.69) is 9.80 Å². The first-order chi connectivity index (χ1) is 10.5. The summed E-state index contributed by atoms with van der Waals surface area (Å²) in [6, 6.07) is 4.20. The third-order valence-corrected chi connectivity index (χ3v) is 4.05. The van der Waals surface area contributed by atoms with E-state index >= 15 is 0 Å². The van der Waals surface area contributed by atoms with Crippen LogP contribution < -0.4 is 10.3 Å². The largest absolute Gasteiger partial charge is 0.475 e. The predicted molar refractivity (Wildman–Crippen MR) is 91.4 cm³/mol. The minimum absolute atomic E-state index is 0. The van der Waals surface area contributed by atoms with Gasteiger partial charge in [0.05, 0.1) is 11.1 Å². The Bertz CT molecular complexity index is 798. The molecule has 0 amide bonds. The molecule has 6 nitrogen and oxygen atoms in total. The summed E-state index contributed by atoms with van der Waals surface area (Å²) >= 11 is 6.11. The fourth-order valence-electron chi connectivity index (χ4n) is 2.59. The number of carboxylic acids is 1. The zero-order chi connectivity index (χ0) is 15.9. The van der Waals surface area contributed by atoms with E-state index in [9.17, 15) is 9.59 Å². The number of carboxylic acid groups (broad SMARTS) is 1. The van der Waals surface area contributed by atoms with Crippen LogP contribution in [0.3, 0.4) is 0 Å². The van der Waals surface area contributed by atoms with Gasteiger partial charge < -0.3 is 19.3 Å². The van der Waals surface area contributed by atoms with Gasteiger partial charge in [0.2, 0.25) is 5.76 Å². The average molecular weight is 359 g/mol. The molecule has 0 aliphatic carbocycles. The Hall–Kier alpha value is -1.76. The Morgan fingerprint density at radius 1 is 1.22 bits per heavy atom. The number of nitrogens with zero attached hydrogens (tertiary/aromatic N) is 2. The number of rotatable bonds is 2. The molecule has 1 aliphatic rings. The van der Waals surface area contributed by atoms with Gasteiger partial charge in [0.1, 0.15) is 0 Å². The molecule has 0 atom stereocenters. The normalized spacial score (nSPS) is 15.5. The van der Waals surface area contributed by atoms with Crippen molar-refractivity contribution in [1.82, 2.24) is 4.90 Å². The van der Waals surface area contributed by atoms with Crippen molar-refractivity contribution in [2.75, 3.05) is 38.1 Å². The number of benzene rings is 1. The minimum Gasteiger partial charge on any atom is -0.475 e. The van der Waals surface area contributed by atoms with Crippen molar-refractivity contribution in [1.29, 1.82) is 0 Å². The first-order valence-corrected chi connectivity index (χ1v) is 7.27. The van der Waals surface area contributed by atoms with Gasteiger partial charge in [0.25, 0.3) is 0 Å². The molecule has 8 heteroatoms. The van der Waals surface area contributed by atoms with Crippen LogP contribution in [0.1, 0.15) is 10.6 Å². The zero-order valence-electron chi connectivity index (χ0n) is 12.4. The predicted octanol–water partition coefficient (Wildman–Crippen LogP) is 2.32.